The third kappa shape index (κ3) is 4.27. The molecule has 2 aromatic rings. The molecule has 168 valence electrons. The molecule has 2 unspecified atom stereocenters. The molecular weight excluding hydrogens is 402 g/mol. The first-order valence-corrected chi connectivity index (χ1v) is 11.5. The van der Waals surface area contributed by atoms with Gasteiger partial charge in [-0.25, -0.2) is 0 Å². The number of amides is 3. The van der Waals surface area contributed by atoms with Gasteiger partial charge in [-0.2, -0.15) is 0 Å². The van der Waals surface area contributed by atoms with Gasteiger partial charge in [0.05, 0.1) is 0 Å². The molecule has 1 N–H and O–H groups in total. The number of carbonyl (C=O) groups excluding carboxylic acids is 3. The van der Waals surface area contributed by atoms with Crippen molar-refractivity contribution >= 4 is 23.4 Å². The zero-order valence-electron chi connectivity index (χ0n) is 18.8. The van der Waals surface area contributed by atoms with Gasteiger partial charge in [0.15, 0.2) is 0 Å². The molecule has 0 aromatic heterocycles. The van der Waals surface area contributed by atoms with Crippen molar-refractivity contribution in [3.8, 4) is 0 Å². The Bertz CT molecular complexity index is 989. The van der Waals surface area contributed by atoms with E-state index in [1.54, 1.807) is 41.3 Å². The number of benzene rings is 2. The molecular formula is C26H31N3O3. The van der Waals surface area contributed by atoms with E-state index in [1.165, 1.54) is 6.42 Å². The molecule has 2 aliphatic heterocycles. The lowest BCUT2D eigenvalue weighted by molar-refractivity contribution is -0.124. The average Bonchev–Trinajstić information content (AvgIpc) is 3.22. The number of carbonyl (C=O) groups is 3. The predicted octanol–water partition coefficient (Wildman–Crippen LogP) is 4.33. The zero-order valence-corrected chi connectivity index (χ0v) is 18.8. The first-order chi connectivity index (χ1) is 15.4. The van der Waals surface area contributed by atoms with Gasteiger partial charge in [0.2, 0.25) is 5.91 Å². The summed E-state index contributed by atoms with van der Waals surface area (Å²) in [6.07, 6.45) is 4.64. The third-order valence-corrected chi connectivity index (χ3v) is 6.85. The molecule has 2 fully saturated rings. The Labute approximate surface area is 189 Å². The van der Waals surface area contributed by atoms with E-state index in [1.807, 2.05) is 30.0 Å². The van der Waals surface area contributed by atoms with Crippen LogP contribution in [0.25, 0.3) is 0 Å². The Kier molecular flexibility index (Phi) is 6.31. The second-order valence-corrected chi connectivity index (χ2v) is 9.08. The Morgan fingerprint density at radius 3 is 2.25 bits per heavy atom. The van der Waals surface area contributed by atoms with Gasteiger partial charge >= 0.3 is 0 Å². The van der Waals surface area contributed by atoms with E-state index in [2.05, 4.69) is 12.2 Å². The van der Waals surface area contributed by atoms with E-state index < -0.39 is 5.54 Å². The van der Waals surface area contributed by atoms with Crippen LogP contribution in [0, 0.1) is 0 Å². The fourth-order valence-corrected chi connectivity index (χ4v) is 4.79. The lowest BCUT2D eigenvalue weighted by atomic mass is 9.96. The molecule has 0 bridgehead atoms. The number of likely N-dealkylation sites (tertiary alicyclic amines) is 2. The molecule has 6 nitrogen and oxygen atoms in total. The molecule has 2 aromatic carbocycles. The van der Waals surface area contributed by atoms with Crippen LogP contribution < -0.4 is 5.32 Å². The van der Waals surface area contributed by atoms with Crippen molar-refractivity contribution in [2.45, 2.75) is 57.5 Å². The summed E-state index contributed by atoms with van der Waals surface area (Å²) in [5.41, 5.74) is 0.927. The van der Waals surface area contributed by atoms with E-state index in [0.717, 1.165) is 25.8 Å². The fraction of sp³-hybridized carbons (Fsp3) is 0.423. The number of rotatable bonds is 4. The SMILES string of the molecule is CC1CCCCN1C(=O)c1ccc(NC(=O)C2(C)CCCN2C(=O)c2ccccc2)cc1. The second kappa shape index (κ2) is 9.15. The van der Waals surface area contributed by atoms with Gasteiger partial charge in [0.25, 0.3) is 11.8 Å². The number of piperidine rings is 1. The first-order valence-electron chi connectivity index (χ1n) is 11.5. The summed E-state index contributed by atoms with van der Waals surface area (Å²) in [6.45, 7) is 5.27. The van der Waals surface area contributed by atoms with Gasteiger partial charge < -0.3 is 15.1 Å². The van der Waals surface area contributed by atoms with Crippen molar-refractivity contribution in [3.05, 3.63) is 65.7 Å². The lowest BCUT2D eigenvalue weighted by Crippen LogP contribution is -2.53. The standard InChI is InChI=1S/C26H31N3O3/c1-19-9-6-7-17-28(19)23(30)21-12-14-22(15-13-21)27-25(32)26(2)16-8-18-29(26)24(31)20-10-4-3-5-11-20/h3-5,10-15,19H,6-9,16-18H2,1-2H3,(H,27,32). The van der Waals surface area contributed by atoms with E-state index in [0.29, 0.717) is 29.8 Å². The summed E-state index contributed by atoms with van der Waals surface area (Å²) in [4.78, 5) is 42.7. The highest BCUT2D eigenvalue weighted by atomic mass is 16.2. The molecule has 0 saturated carbocycles. The lowest BCUT2D eigenvalue weighted by Gasteiger charge is -2.34. The highest BCUT2D eigenvalue weighted by Gasteiger charge is 2.45. The maximum atomic E-state index is 13.2. The molecule has 2 aliphatic rings. The van der Waals surface area contributed by atoms with Crippen molar-refractivity contribution in [3.63, 3.8) is 0 Å². The largest absolute Gasteiger partial charge is 0.336 e. The molecule has 2 heterocycles. The smallest absolute Gasteiger partial charge is 0.254 e. The number of hydrogen-bond donors (Lipinski definition) is 1. The highest BCUT2D eigenvalue weighted by molar-refractivity contribution is 6.04. The van der Waals surface area contributed by atoms with Crippen LogP contribution in [0.5, 0.6) is 0 Å². The maximum Gasteiger partial charge on any atom is 0.254 e. The molecule has 0 aliphatic carbocycles. The van der Waals surface area contributed by atoms with Gasteiger partial charge in [0.1, 0.15) is 5.54 Å². The van der Waals surface area contributed by atoms with Crippen LogP contribution >= 0.6 is 0 Å². The van der Waals surface area contributed by atoms with Crippen LogP contribution in [0.1, 0.15) is 66.7 Å². The molecule has 2 atom stereocenters. The number of anilines is 1. The Morgan fingerprint density at radius 1 is 0.875 bits per heavy atom. The fourth-order valence-electron chi connectivity index (χ4n) is 4.79. The molecule has 2 saturated heterocycles. The van der Waals surface area contributed by atoms with Gasteiger partial charge in [-0.15, -0.1) is 0 Å². The predicted molar refractivity (Wildman–Crippen MR) is 125 cm³/mol. The van der Waals surface area contributed by atoms with Gasteiger partial charge in [-0.3, -0.25) is 14.4 Å². The monoisotopic (exact) mass is 433 g/mol. The number of nitrogens with zero attached hydrogens (tertiary/aromatic N) is 2. The maximum absolute atomic E-state index is 13.2. The van der Waals surface area contributed by atoms with Crippen molar-refractivity contribution in [1.29, 1.82) is 0 Å². The van der Waals surface area contributed by atoms with Crippen molar-refractivity contribution in [1.82, 2.24) is 9.80 Å². The Balaban J connectivity index is 1.45. The second-order valence-electron chi connectivity index (χ2n) is 9.08. The van der Waals surface area contributed by atoms with Crippen molar-refractivity contribution < 1.29 is 14.4 Å². The zero-order chi connectivity index (χ0) is 22.7. The first kappa shape index (κ1) is 22.1. The Hall–Kier alpha value is -3.15. The minimum absolute atomic E-state index is 0.0393. The van der Waals surface area contributed by atoms with Crippen LogP contribution in [0.3, 0.4) is 0 Å². The van der Waals surface area contributed by atoms with Crippen LogP contribution in [-0.4, -0.2) is 52.2 Å². The van der Waals surface area contributed by atoms with Crippen LogP contribution in [-0.2, 0) is 4.79 Å². The molecule has 0 radical (unpaired) electrons. The van der Waals surface area contributed by atoms with E-state index in [-0.39, 0.29) is 23.8 Å². The van der Waals surface area contributed by atoms with Crippen molar-refractivity contribution in [2.24, 2.45) is 0 Å². The molecule has 32 heavy (non-hydrogen) atoms. The van der Waals surface area contributed by atoms with Crippen molar-refractivity contribution in [2.75, 3.05) is 18.4 Å². The van der Waals surface area contributed by atoms with Gasteiger partial charge in [-0.05, 0) is 82.3 Å². The average molecular weight is 434 g/mol. The summed E-state index contributed by atoms with van der Waals surface area (Å²) in [6, 6.07) is 16.4. The van der Waals surface area contributed by atoms with Crippen LogP contribution in [0.15, 0.2) is 54.6 Å². The Morgan fingerprint density at radius 2 is 1.56 bits per heavy atom. The summed E-state index contributed by atoms with van der Waals surface area (Å²) in [5, 5.41) is 2.96. The minimum atomic E-state index is -0.912. The quantitative estimate of drug-likeness (QED) is 0.780. The molecule has 0 spiro atoms. The number of nitrogens with one attached hydrogen (secondary N) is 1. The summed E-state index contributed by atoms with van der Waals surface area (Å²) in [5.74, 6) is -0.294. The normalized spacial score (nSPS) is 23.1. The van der Waals surface area contributed by atoms with E-state index >= 15 is 0 Å². The highest BCUT2D eigenvalue weighted by Crippen LogP contribution is 2.32. The molecule has 4 rings (SSSR count). The topological polar surface area (TPSA) is 69.7 Å². The third-order valence-electron chi connectivity index (χ3n) is 6.85. The summed E-state index contributed by atoms with van der Waals surface area (Å²) >= 11 is 0. The van der Waals surface area contributed by atoms with Crippen LogP contribution in [0.2, 0.25) is 0 Å². The van der Waals surface area contributed by atoms with Gasteiger partial charge in [0, 0.05) is 35.9 Å². The minimum Gasteiger partial charge on any atom is -0.336 e. The van der Waals surface area contributed by atoms with Crippen LogP contribution in [0.4, 0.5) is 5.69 Å². The summed E-state index contributed by atoms with van der Waals surface area (Å²) < 4.78 is 0. The van der Waals surface area contributed by atoms with Gasteiger partial charge in [-0.1, -0.05) is 18.2 Å². The molecule has 6 heteroatoms. The van der Waals surface area contributed by atoms with E-state index in [4.69, 9.17) is 0 Å². The summed E-state index contributed by atoms with van der Waals surface area (Å²) in [7, 11) is 0. The van der Waals surface area contributed by atoms with E-state index in [9.17, 15) is 14.4 Å². The number of hydrogen-bond acceptors (Lipinski definition) is 3. The molecule has 3 amide bonds.